The molecule has 116 valence electrons. The van der Waals surface area contributed by atoms with Crippen LogP contribution in [0.2, 0.25) is 0 Å². The maximum absolute atomic E-state index is 12.1. The van der Waals surface area contributed by atoms with Crippen molar-refractivity contribution in [3.8, 4) is 5.75 Å². The zero-order valence-electron chi connectivity index (χ0n) is 11.5. The van der Waals surface area contributed by atoms with Crippen LogP contribution in [0, 0.1) is 3.57 Å². The van der Waals surface area contributed by atoms with Crippen molar-refractivity contribution >= 4 is 44.2 Å². The van der Waals surface area contributed by atoms with Gasteiger partial charge in [0.25, 0.3) is 5.91 Å². The number of nitrogens with two attached hydrogens (primary N) is 1. The van der Waals surface area contributed by atoms with Crippen LogP contribution in [-0.2, 0) is 10.0 Å². The summed E-state index contributed by atoms with van der Waals surface area (Å²) in [5.74, 6) is -0.225. The van der Waals surface area contributed by atoms with Crippen molar-refractivity contribution in [2.45, 2.75) is 4.90 Å². The minimum absolute atomic E-state index is 0.120. The van der Waals surface area contributed by atoms with E-state index in [-0.39, 0.29) is 16.6 Å². The Balaban J connectivity index is 2.30. The molecule has 0 atom stereocenters. The SMILES string of the molecule is COc1ccc(NC(=O)c2ccc(I)cc2)cc1S(N)(=O)=O. The van der Waals surface area contributed by atoms with Gasteiger partial charge in [-0.3, -0.25) is 4.79 Å². The molecule has 0 aliphatic heterocycles. The predicted octanol–water partition coefficient (Wildman–Crippen LogP) is 2.20. The summed E-state index contributed by atoms with van der Waals surface area (Å²) in [6.07, 6.45) is 0. The summed E-state index contributed by atoms with van der Waals surface area (Å²) in [5, 5.41) is 7.76. The number of amides is 1. The monoisotopic (exact) mass is 432 g/mol. The van der Waals surface area contributed by atoms with Crippen LogP contribution in [-0.4, -0.2) is 21.4 Å². The molecule has 0 saturated carbocycles. The molecule has 0 radical (unpaired) electrons. The number of nitrogens with one attached hydrogen (secondary N) is 1. The Hall–Kier alpha value is -1.65. The van der Waals surface area contributed by atoms with Gasteiger partial charge in [-0.15, -0.1) is 0 Å². The predicted molar refractivity (Wildman–Crippen MR) is 91.5 cm³/mol. The fourth-order valence-electron chi connectivity index (χ4n) is 1.78. The van der Waals surface area contributed by atoms with Gasteiger partial charge < -0.3 is 10.1 Å². The molecule has 2 aromatic carbocycles. The van der Waals surface area contributed by atoms with Crippen molar-refractivity contribution in [2.24, 2.45) is 5.14 Å². The van der Waals surface area contributed by atoms with Crippen molar-refractivity contribution in [3.63, 3.8) is 0 Å². The van der Waals surface area contributed by atoms with Crippen molar-refractivity contribution < 1.29 is 17.9 Å². The maximum atomic E-state index is 12.1. The molecule has 2 rings (SSSR count). The van der Waals surface area contributed by atoms with Crippen molar-refractivity contribution in [2.75, 3.05) is 12.4 Å². The average Bonchev–Trinajstić information content (AvgIpc) is 2.47. The molecule has 6 nitrogen and oxygen atoms in total. The lowest BCUT2D eigenvalue weighted by molar-refractivity contribution is 0.102. The topological polar surface area (TPSA) is 98.5 Å². The number of hydrogen-bond donors (Lipinski definition) is 2. The third-order valence-electron chi connectivity index (χ3n) is 2.83. The number of methoxy groups -OCH3 is 1. The lowest BCUT2D eigenvalue weighted by Gasteiger charge is -2.10. The van der Waals surface area contributed by atoms with E-state index in [2.05, 4.69) is 27.9 Å². The van der Waals surface area contributed by atoms with E-state index in [1.165, 1.54) is 25.3 Å². The minimum atomic E-state index is -3.95. The van der Waals surface area contributed by atoms with Crippen molar-refractivity contribution in [1.29, 1.82) is 0 Å². The van der Waals surface area contributed by atoms with Crippen LogP contribution in [0.25, 0.3) is 0 Å². The molecule has 0 saturated heterocycles. The van der Waals surface area contributed by atoms with Gasteiger partial charge in [0.1, 0.15) is 10.6 Å². The number of rotatable bonds is 4. The normalized spacial score (nSPS) is 11.0. The van der Waals surface area contributed by atoms with E-state index in [0.29, 0.717) is 11.3 Å². The van der Waals surface area contributed by atoms with Crippen LogP contribution < -0.4 is 15.2 Å². The number of halogens is 1. The average molecular weight is 432 g/mol. The fraction of sp³-hybridized carbons (Fsp3) is 0.0714. The number of benzene rings is 2. The number of carbonyl (C=O) groups excluding carboxylic acids is 1. The summed E-state index contributed by atoms with van der Waals surface area (Å²) in [5.41, 5.74) is 0.779. The lowest BCUT2D eigenvalue weighted by Crippen LogP contribution is -2.15. The van der Waals surface area contributed by atoms with E-state index in [4.69, 9.17) is 9.88 Å². The number of anilines is 1. The Morgan fingerprint density at radius 3 is 2.36 bits per heavy atom. The lowest BCUT2D eigenvalue weighted by atomic mass is 10.2. The van der Waals surface area contributed by atoms with Gasteiger partial charge in [0, 0.05) is 14.8 Å². The molecule has 0 bridgehead atoms. The van der Waals surface area contributed by atoms with Gasteiger partial charge in [-0.25, -0.2) is 13.6 Å². The molecule has 0 aliphatic rings. The Morgan fingerprint density at radius 1 is 1.18 bits per heavy atom. The number of sulfonamides is 1. The van der Waals surface area contributed by atoms with Crippen LogP contribution >= 0.6 is 22.6 Å². The van der Waals surface area contributed by atoms with Gasteiger partial charge >= 0.3 is 0 Å². The first kappa shape index (κ1) is 16.7. The second-order valence-electron chi connectivity index (χ2n) is 4.37. The first-order valence-corrected chi connectivity index (χ1v) is 8.71. The molecular formula is C14H13IN2O4S. The highest BCUT2D eigenvalue weighted by molar-refractivity contribution is 14.1. The smallest absolute Gasteiger partial charge is 0.255 e. The van der Waals surface area contributed by atoms with Crippen LogP contribution in [0.3, 0.4) is 0 Å². The zero-order valence-corrected chi connectivity index (χ0v) is 14.5. The molecule has 0 fully saturated rings. The highest BCUT2D eigenvalue weighted by Gasteiger charge is 2.16. The molecule has 8 heteroatoms. The molecule has 2 aromatic rings. The van der Waals surface area contributed by atoms with Gasteiger partial charge in [0.2, 0.25) is 10.0 Å². The van der Waals surface area contributed by atoms with E-state index in [9.17, 15) is 13.2 Å². The van der Waals surface area contributed by atoms with E-state index < -0.39 is 10.0 Å². The Labute approximate surface area is 141 Å². The summed E-state index contributed by atoms with van der Waals surface area (Å²) in [4.78, 5) is 11.9. The van der Waals surface area contributed by atoms with Gasteiger partial charge in [-0.1, -0.05) is 0 Å². The van der Waals surface area contributed by atoms with Gasteiger partial charge in [0.15, 0.2) is 0 Å². The standard InChI is InChI=1S/C14H13IN2O4S/c1-21-12-7-6-11(8-13(12)22(16,19)20)17-14(18)9-2-4-10(15)5-3-9/h2-8H,1H3,(H,17,18)(H2,16,19,20). The van der Waals surface area contributed by atoms with Crippen LogP contribution in [0.1, 0.15) is 10.4 Å². The molecular weight excluding hydrogens is 419 g/mol. The second kappa shape index (κ2) is 6.63. The van der Waals surface area contributed by atoms with Gasteiger partial charge in [-0.05, 0) is 65.1 Å². The largest absolute Gasteiger partial charge is 0.495 e. The van der Waals surface area contributed by atoms with E-state index >= 15 is 0 Å². The quantitative estimate of drug-likeness (QED) is 0.724. The van der Waals surface area contributed by atoms with E-state index in [0.717, 1.165) is 3.57 Å². The minimum Gasteiger partial charge on any atom is -0.495 e. The molecule has 0 heterocycles. The Kier molecular flexibility index (Phi) is 5.04. The number of primary sulfonamides is 1. The third kappa shape index (κ3) is 3.96. The summed E-state index contributed by atoms with van der Waals surface area (Å²) < 4.78 is 29.1. The van der Waals surface area contributed by atoms with Crippen molar-refractivity contribution in [3.05, 3.63) is 51.6 Å². The molecule has 0 aliphatic carbocycles. The third-order valence-corrected chi connectivity index (χ3v) is 4.49. The summed E-state index contributed by atoms with van der Waals surface area (Å²) in [7, 11) is -2.61. The Morgan fingerprint density at radius 2 is 1.82 bits per heavy atom. The van der Waals surface area contributed by atoms with Gasteiger partial charge in [0.05, 0.1) is 7.11 Å². The molecule has 0 spiro atoms. The van der Waals surface area contributed by atoms with E-state index in [1.807, 2.05) is 0 Å². The zero-order chi connectivity index (χ0) is 16.3. The Bertz CT molecular complexity index is 804. The number of carbonyl (C=O) groups is 1. The summed E-state index contributed by atoms with van der Waals surface area (Å²) in [6, 6.07) is 11.2. The van der Waals surface area contributed by atoms with E-state index in [1.54, 1.807) is 24.3 Å². The van der Waals surface area contributed by atoms with Crippen LogP contribution in [0.4, 0.5) is 5.69 Å². The molecule has 3 N–H and O–H groups in total. The second-order valence-corrected chi connectivity index (χ2v) is 7.15. The molecule has 1 amide bonds. The first-order valence-electron chi connectivity index (χ1n) is 6.09. The molecule has 0 aromatic heterocycles. The summed E-state index contributed by atoms with van der Waals surface area (Å²) in [6.45, 7) is 0. The van der Waals surface area contributed by atoms with Crippen LogP contribution in [0.5, 0.6) is 5.75 Å². The highest BCUT2D eigenvalue weighted by atomic mass is 127. The van der Waals surface area contributed by atoms with Crippen molar-refractivity contribution in [1.82, 2.24) is 0 Å². The van der Waals surface area contributed by atoms with Crippen LogP contribution in [0.15, 0.2) is 47.4 Å². The number of hydrogen-bond acceptors (Lipinski definition) is 4. The fourth-order valence-corrected chi connectivity index (χ4v) is 2.86. The maximum Gasteiger partial charge on any atom is 0.255 e. The molecule has 0 unspecified atom stereocenters. The number of ether oxygens (including phenoxy) is 1. The highest BCUT2D eigenvalue weighted by Crippen LogP contribution is 2.26. The molecule has 22 heavy (non-hydrogen) atoms. The first-order chi connectivity index (χ1) is 10.3. The summed E-state index contributed by atoms with van der Waals surface area (Å²) >= 11 is 2.14. The van der Waals surface area contributed by atoms with Gasteiger partial charge in [-0.2, -0.15) is 0 Å².